The van der Waals surface area contributed by atoms with Crippen molar-refractivity contribution in [3.63, 3.8) is 0 Å². The number of rotatable bonds is 1. The molecule has 1 fully saturated rings. The van der Waals surface area contributed by atoms with Crippen molar-refractivity contribution in [2.75, 3.05) is 4.90 Å². The minimum absolute atomic E-state index is 0.115. The van der Waals surface area contributed by atoms with Crippen molar-refractivity contribution in [2.24, 2.45) is 0 Å². The molecule has 0 atom stereocenters. The van der Waals surface area contributed by atoms with E-state index in [4.69, 9.17) is 0 Å². The molecule has 1 heterocycles. The highest BCUT2D eigenvalue weighted by atomic mass is 127. The van der Waals surface area contributed by atoms with Crippen LogP contribution in [0.2, 0.25) is 0 Å². The molecule has 0 saturated carbocycles. The molecule has 0 radical (unpaired) electrons. The Bertz CT molecular complexity index is 431. The second-order valence-electron chi connectivity index (χ2n) is 3.22. The van der Waals surface area contributed by atoms with Gasteiger partial charge in [0.15, 0.2) is 0 Å². The number of hydrogen-bond acceptors (Lipinski definition) is 2. The summed E-state index contributed by atoms with van der Waals surface area (Å²) in [5, 5.41) is 0. The molecule has 1 aliphatic rings. The lowest BCUT2D eigenvalue weighted by Crippen LogP contribution is -2.29. The van der Waals surface area contributed by atoms with E-state index in [0.717, 1.165) is 8.04 Å². The Morgan fingerprint density at radius 3 is 2.40 bits per heavy atom. The van der Waals surface area contributed by atoms with Gasteiger partial charge in [0.2, 0.25) is 11.8 Å². The molecule has 2 rings (SSSR count). The van der Waals surface area contributed by atoms with E-state index in [1.54, 1.807) is 6.07 Å². The molecule has 2 amide bonds. The van der Waals surface area contributed by atoms with Crippen LogP contribution in [-0.2, 0) is 9.59 Å². The zero-order chi connectivity index (χ0) is 11.0. The second-order valence-corrected chi connectivity index (χ2v) is 5.30. The van der Waals surface area contributed by atoms with Crippen LogP contribution in [0.15, 0.2) is 22.7 Å². The quantitative estimate of drug-likeness (QED) is 0.555. The number of halogens is 2. The summed E-state index contributed by atoms with van der Waals surface area (Å²) in [5.74, 6) is -0.230. The number of nitrogens with zero attached hydrogens (tertiary/aromatic N) is 1. The number of hydrogen-bond donors (Lipinski definition) is 0. The Morgan fingerprint density at radius 1 is 1.20 bits per heavy atom. The molecule has 1 aliphatic heterocycles. The van der Waals surface area contributed by atoms with Crippen molar-refractivity contribution in [1.82, 2.24) is 0 Å². The SMILES string of the molecule is O=C1CCC(=O)N1c1cc(Br)ccc1I. The van der Waals surface area contributed by atoms with Gasteiger partial charge in [0.1, 0.15) is 0 Å². The number of carbonyl (C=O) groups is 2. The Hall–Kier alpha value is -0.430. The monoisotopic (exact) mass is 379 g/mol. The lowest BCUT2D eigenvalue weighted by Gasteiger charge is -2.15. The average molecular weight is 380 g/mol. The van der Waals surface area contributed by atoms with E-state index < -0.39 is 0 Å². The van der Waals surface area contributed by atoms with Crippen molar-refractivity contribution in [1.29, 1.82) is 0 Å². The maximum Gasteiger partial charge on any atom is 0.234 e. The first-order valence-electron chi connectivity index (χ1n) is 4.40. The van der Waals surface area contributed by atoms with Crippen LogP contribution < -0.4 is 4.90 Å². The molecule has 0 unspecified atom stereocenters. The van der Waals surface area contributed by atoms with E-state index in [2.05, 4.69) is 38.5 Å². The van der Waals surface area contributed by atoms with Gasteiger partial charge in [0.05, 0.1) is 5.69 Å². The van der Waals surface area contributed by atoms with Gasteiger partial charge >= 0.3 is 0 Å². The van der Waals surface area contributed by atoms with Gasteiger partial charge in [-0.2, -0.15) is 0 Å². The first-order valence-corrected chi connectivity index (χ1v) is 6.27. The van der Waals surface area contributed by atoms with Crippen LogP contribution in [0, 0.1) is 3.57 Å². The van der Waals surface area contributed by atoms with Crippen LogP contribution in [0.3, 0.4) is 0 Å². The van der Waals surface area contributed by atoms with Crippen molar-refractivity contribution >= 4 is 56.0 Å². The summed E-state index contributed by atoms with van der Waals surface area (Å²) in [4.78, 5) is 24.3. The molecule has 1 aromatic rings. The van der Waals surface area contributed by atoms with Gasteiger partial charge in [-0.05, 0) is 40.8 Å². The third kappa shape index (κ3) is 2.08. The molecule has 3 nitrogen and oxygen atoms in total. The molecular formula is C10H7BrINO2. The zero-order valence-corrected chi connectivity index (χ0v) is 11.4. The number of imide groups is 1. The summed E-state index contributed by atoms with van der Waals surface area (Å²) in [6.45, 7) is 0. The maximum atomic E-state index is 11.5. The van der Waals surface area contributed by atoms with E-state index in [0.29, 0.717) is 18.5 Å². The summed E-state index contributed by atoms with van der Waals surface area (Å²) in [7, 11) is 0. The minimum atomic E-state index is -0.115. The zero-order valence-electron chi connectivity index (χ0n) is 7.67. The molecule has 1 aromatic carbocycles. The van der Waals surface area contributed by atoms with Crippen LogP contribution in [0.1, 0.15) is 12.8 Å². The third-order valence-electron chi connectivity index (χ3n) is 2.20. The summed E-state index contributed by atoms with van der Waals surface area (Å²) in [6.07, 6.45) is 0.642. The van der Waals surface area contributed by atoms with Gasteiger partial charge in [-0.1, -0.05) is 15.9 Å². The first kappa shape index (κ1) is 11.1. The number of benzene rings is 1. The van der Waals surface area contributed by atoms with E-state index in [9.17, 15) is 9.59 Å². The van der Waals surface area contributed by atoms with Gasteiger partial charge in [0, 0.05) is 20.9 Å². The minimum Gasteiger partial charge on any atom is -0.274 e. The van der Waals surface area contributed by atoms with Crippen LogP contribution in [0.25, 0.3) is 0 Å². The molecule has 1 saturated heterocycles. The summed E-state index contributed by atoms with van der Waals surface area (Å²) < 4.78 is 1.77. The molecule has 78 valence electrons. The summed E-state index contributed by atoms with van der Waals surface area (Å²) >= 11 is 5.45. The Kier molecular flexibility index (Phi) is 3.11. The fourth-order valence-electron chi connectivity index (χ4n) is 1.50. The van der Waals surface area contributed by atoms with Crippen molar-refractivity contribution in [2.45, 2.75) is 12.8 Å². The molecule has 5 heteroatoms. The summed E-state index contributed by atoms with van der Waals surface area (Å²) in [5.41, 5.74) is 0.678. The molecule has 0 spiro atoms. The van der Waals surface area contributed by atoms with E-state index in [1.807, 2.05) is 12.1 Å². The van der Waals surface area contributed by atoms with Crippen LogP contribution in [0.4, 0.5) is 5.69 Å². The number of amides is 2. The van der Waals surface area contributed by atoms with E-state index in [1.165, 1.54) is 4.90 Å². The molecule has 15 heavy (non-hydrogen) atoms. The highest BCUT2D eigenvalue weighted by Crippen LogP contribution is 2.30. The standard InChI is InChI=1S/C10H7BrINO2/c11-6-1-2-7(12)8(5-6)13-9(14)3-4-10(13)15/h1-2,5H,3-4H2. The average Bonchev–Trinajstić information content (AvgIpc) is 2.51. The van der Waals surface area contributed by atoms with Crippen LogP contribution in [-0.4, -0.2) is 11.8 Å². The van der Waals surface area contributed by atoms with Crippen LogP contribution in [0.5, 0.6) is 0 Å². The fraction of sp³-hybridized carbons (Fsp3) is 0.200. The summed E-state index contributed by atoms with van der Waals surface area (Å²) in [6, 6.07) is 5.55. The molecule has 0 bridgehead atoms. The van der Waals surface area contributed by atoms with Gasteiger partial charge in [-0.15, -0.1) is 0 Å². The Balaban J connectivity index is 2.48. The lowest BCUT2D eigenvalue weighted by molar-refractivity contribution is -0.121. The number of carbonyl (C=O) groups excluding carboxylic acids is 2. The van der Waals surface area contributed by atoms with E-state index >= 15 is 0 Å². The normalized spacial score (nSPS) is 16.3. The first-order chi connectivity index (χ1) is 7.09. The van der Waals surface area contributed by atoms with Gasteiger partial charge in [-0.3, -0.25) is 9.59 Å². The molecular weight excluding hydrogens is 373 g/mol. The number of anilines is 1. The van der Waals surface area contributed by atoms with E-state index in [-0.39, 0.29) is 11.8 Å². The third-order valence-corrected chi connectivity index (χ3v) is 3.61. The van der Waals surface area contributed by atoms with Gasteiger partial charge in [-0.25, -0.2) is 4.90 Å². The lowest BCUT2D eigenvalue weighted by atomic mass is 10.3. The Morgan fingerprint density at radius 2 is 1.80 bits per heavy atom. The molecule has 0 aromatic heterocycles. The topological polar surface area (TPSA) is 37.4 Å². The molecule has 0 N–H and O–H groups in total. The predicted molar refractivity (Wildman–Crippen MR) is 68.6 cm³/mol. The van der Waals surface area contributed by atoms with Gasteiger partial charge in [0.25, 0.3) is 0 Å². The van der Waals surface area contributed by atoms with Crippen molar-refractivity contribution < 1.29 is 9.59 Å². The van der Waals surface area contributed by atoms with Gasteiger partial charge < -0.3 is 0 Å². The highest BCUT2D eigenvalue weighted by Gasteiger charge is 2.31. The van der Waals surface area contributed by atoms with Crippen molar-refractivity contribution in [3.8, 4) is 0 Å². The second kappa shape index (κ2) is 4.21. The smallest absolute Gasteiger partial charge is 0.234 e. The fourth-order valence-corrected chi connectivity index (χ4v) is 2.43. The molecule has 0 aliphatic carbocycles. The largest absolute Gasteiger partial charge is 0.274 e. The predicted octanol–water partition coefficient (Wildman–Crippen LogP) is 2.71. The van der Waals surface area contributed by atoms with Crippen LogP contribution >= 0.6 is 38.5 Å². The van der Waals surface area contributed by atoms with Crippen molar-refractivity contribution in [3.05, 3.63) is 26.2 Å². The highest BCUT2D eigenvalue weighted by molar-refractivity contribution is 14.1. The maximum absolute atomic E-state index is 11.5. The Labute approximate surface area is 109 Å².